The molecule has 1 aliphatic heterocycles. The molecule has 0 spiro atoms. The number of aromatic nitrogens is 2. The van der Waals surface area contributed by atoms with Crippen molar-refractivity contribution in [3.63, 3.8) is 0 Å². The van der Waals surface area contributed by atoms with Crippen molar-refractivity contribution in [2.75, 3.05) is 26.3 Å². The monoisotopic (exact) mass is 500 g/mol. The highest BCUT2D eigenvalue weighted by Crippen LogP contribution is 2.35. The first kappa shape index (κ1) is 27.7. The zero-order chi connectivity index (χ0) is 26.6. The smallest absolute Gasteiger partial charge is 0.410 e. The first-order valence-electron chi connectivity index (χ1n) is 12.6. The fourth-order valence-corrected chi connectivity index (χ4v) is 4.48. The average molecular weight is 501 g/mol. The summed E-state index contributed by atoms with van der Waals surface area (Å²) in [7, 11) is 0. The third kappa shape index (κ3) is 6.25. The fraction of sp³-hybridized carbons (Fsp3) is 0.593. The molecule has 198 valence electrons. The number of fused-ring (bicyclic) bond motifs is 1. The molecule has 1 aliphatic rings. The highest BCUT2D eigenvalue weighted by atomic mass is 16.6. The Morgan fingerprint density at radius 2 is 1.97 bits per heavy atom. The van der Waals surface area contributed by atoms with Crippen molar-refractivity contribution >= 4 is 12.1 Å². The van der Waals surface area contributed by atoms with E-state index >= 15 is 0 Å². The highest BCUT2D eigenvalue weighted by molar-refractivity contribution is 5.71. The molecule has 2 N–H and O–H groups in total. The van der Waals surface area contributed by atoms with E-state index in [0.717, 1.165) is 22.5 Å². The molecule has 9 nitrogen and oxygen atoms in total. The zero-order valence-corrected chi connectivity index (χ0v) is 22.6. The largest absolute Gasteiger partial charge is 0.464 e. The minimum atomic E-state index is -0.623. The molecule has 0 unspecified atom stereocenters. The van der Waals surface area contributed by atoms with Crippen LogP contribution in [0.5, 0.6) is 0 Å². The number of benzene rings is 1. The lowest BCUT2D eigenvalue weighted by atomic mass is 9.96. The molecule has 1 aromatic carbocycles. The minimum absolute atomic E-state index is 0.0932. The lowest BCUT2D eigenvalue weighted by molar-refractivity contribution is -0.148. The van der Waals surface area contributed by atoms with Crippen LogP contribution in [0.4, 0.5) is 4.79 Å². The number of esters is 1. The summed E-state index contributed by atoms with van der Waals surface area (Å²) < 4.78 is 18.2. The zero-order valence-electron chi connectivity index (χ0n) is 22.6. The van der Waals surface area contributed by atoms with Crippen LogP contribution in [0.2, 0.25) is 0 Å². The molecule has 0 bridgehead atoms. The number of carbonyl (C=O) groups excluding carboxylic acids is 2. The molecular formula is C27H40N4O5. The van der Waals surface area contributed by atoms with E-state index in [1.807, 2.05) is 25.5 Å². The van der Waals surface area contributed by atoms with Crippen molar-refractivity contribution in [1.29, 1.82) is 0 Å². The number of ether oxygens (including phenoxy) is 3. The average Bonchev–Trinajstić information content (AvgIpc) is 3.15. The predicted molar refractivity (Wildman–Crippen MR) is 137 cm³/mol. The van der Waals surface area contributed by atoms with Crippen LogP contribution in [-0.4, -0.2) is 58.6 Å². The molecule has 1 aromatic heterocycles. The van der Waals surface area contributed by atoms with Crippen LogP contribution in [-0.2, 0) is 32.0 Å². The number of hydrogen-bond donors (Lipinski definition) is 1. The molecule has 36 heavy (non-hydrogen) atoms. The van der Waals surface area contributed by atoms with Gasteiger partial charge in [0.1, 0.15) is 12.2 Å². The maximum Gasteiger partial charge on any atom is 0.410 e. The Morgan fingerprint density at radius 1 is 1.25 bits per heavy atom. The summed E-state index contributed by atoms with van der Waals surface area (Å²) in [5, 5.41) is 4.91. The molecule has 1 atom stereocenters. The Balaban J connectivity index is 2.03. The number of hydrogen-bond acceptors (Lipinski definition) is 7. The van der Waals surface area contributed by atoms with Crippen molar-refractivity contribution in [3.8, 4) is 5.69 Å². The van der Waals surface area contributed by atoms with Gasteiger partial charge in [0.2, 0.25) is 0 Å². The lowest BCUT2D eigenvalue weighted by Crippen LogP contribution is -2.45. The van der Waals surface area contributed by atoms with E-state index < -0.39 is 23.7 Å². The van der Waals surface area contributed by atoms with Crippen molar-refractivity contribution in [2.45, 2.75) is 79.1 Å². The molecule has 1 amide bonds. The normalized spacial score (nSPS) is 15.7. The highest BCUT2D eigenvalue weighted by Gasteiger charge is 2.37. The molecule has 0 radical (unpaired) electrons. The van der Waals surface area contributed by atoms with Crippen LogP contribution >= 0.6 is 0 Å². The van der Waals surface area contributed by atoms with Crippen LogP contribution in [0.15, 0.2) is 18.2 Å². The minimum Gasteiger partial charge on any atom is -0.464 e. The summed E-state index contributed by atoms with van der Waals surface area (Å²) in [6.07, 6.45) is 0.175. The van der Waals surface area contributed by atoms with Gasteiger partial charge in [-0.25, -0.2) is 14.3 Å². The summed E-state index contributed by atoms with van der Waals surface area (Å²) in [6.45, 7) is 14.5. The summed E-state index contributed by atoms with van der Waals surface area (Å²) in [6, 6.07) is 5.96. The van der Waals surface area contributed by atoms with Gasteiger partial charge in [-0.15, -0.1) is 0 Å². The van der Waals surface area contributed by atoms with E-state index in [0.29, 0.717) is 24.6 Å². The van der Waals surface area contributed by atoms with Crippen LogP contribution < -0.4 is 5.73 Å². The van der Waals surface area contributed by atoms with Gasteiger partial charge in [-0.05, 0) is 57.7 Å². The van der Waals surface area contributed by atoms with Crippen molar-refractivity contribution < 1.29 is 23.8 Å². The third-order valence-corrected chi connectivity index (χ3v) is 6.13. The van der Waals surface area contributed by atoms with Gasteiger partial charge in [0, 0.05) is 25.1 Å². The van der Waals surface area contributed by atoms with E-state index in [-0.39, 0.29) is 26.4 Å². The molecule has 0 saturated carbocycles. The van der Waals surface area contributed by atoms with Crippen LogP contribution in [0, 0.1) is 6.92 Å². The number of amides is 1. The second kappa shape index (κ2) is 11.4. The van der Waals surface area contributed by atoms with E-state index in [9.17, 15) is 9.59 Å². The summed E-state index contributed by atoms with van der Waals surface area (Å²) >= 11 is 0. The maximum atomic E-state index is 13.0. The molecular weight excluding hydrogens is 460 g/mol. The number of aryl methyl sites for hydroxylation is 1. The van der Waals surface area contributed by atoms with Gasteiger partial charge in [0.15, 0.2) is 0 Å². The summed E-state index contributed by atoms with van der Waals surface area (Å²) in [5.41, 5.74) is 11.4. The molecule has 0 saturated heterocycles. The van der Waals surface area contributed by atoms with Crippen molar-refractivity contribution in [2.24, 2.45) is 5.73 Å². The second-order valence-electron chi connectivity index (χ2n) is 10.4. The fourth-order valence-electron chi connectivity index (χ4n) is 4.48. The third-order valence-electron chi connectivity index (χ3n) is 6.13. The van der Waals surface area contributed by atoms with Crippen molar-refractivity contribution in [3.05, 3.63) is 46.3 Å². The van der Waals surface area contributed by atoms with Gasteiger partial charge < -0.3 is 19.9 Å². The Kier molecular flexibility index (Phi) is 8.79. The Hall–Kier alpha value is -2.91. The molecule has 2 aromatic rings. The quantitative estimate of drug-likeness (QED) is 0.542. The number of nitrogens with zero attached hydrogens (tertiary/aromatic N) is 3. The maximum absolute atomic E-state index is 13.0. The number of rotatable bonds is 8. The molecule has 0 aliphatic carbocycles. The first-order valence-corrected chi connectivity index (χ1v) is 12.6. The SMILES string of the molecule is CCOC(=O)COCc1nn(-c2ccc(C(C)C)cc2C)c2c1[C@H](CN)N(C(=O)OC(C)(C)C)CC2. The predicted octanol–water partition coefficient (Wildman–Crippen LogP) is 4.18. The van der Waals surface area contributed by atoms with E-state index in [1.54, 1.807) is 11.8 Å². The van der Waals surface area contributed by atoms with E-state index in [1.165, 1.54) is 5.56 Å². The van der Waals surface area contributed by atoms with Crippen LogP contribution in [0.3, 0.4) is 0 Å². The van der Waals surface area contributed by atoms with Gasteiger partial charge in [-0.3, -0.25) is 4.90 Å². The summed E-state index contributed by atoms with van der Waals surface area (Å²) in [4.78, 5) is 26.5. The lowest BCUT2D eigenvalue weighted by Gasteiger charge is -2.36. The topological polar surface area (TPSA) is 109 Å². The number of carbonyl (C=O) groups is 2. The first-order chi connectivity index (χ1) is 17.0. The van der Waals surface area contributed by atoms with Gasteiger partial charge in [0.25, 0.3) is 0 Å². The van der Waals surface area contributed by atoms with Gasteiger partial charge in [-0.2, -0.15) is 5.10 Å². The van der Waals surface area contributed by atoms with Gasteiger partial charge in [0.05, 0.1) is 36.3 Å². The van der Waals surface area contributed by atoms with Gasteiger partial charge in [-0.1, -0.05) is 26.0 Å². The Labute approximate surface area is 213 Å². The Morgan fingerprint density at radius 3 is 2.56 bits per heavy atom. The van der Waals surface area contributed by atoms with Crippen LogP contribution in [0.25, 0.3) is 5.69 Å². The van der Waals surface area contributed by atoms with E-state index in [4.69, 9.17) is 25.0 Å². The summed E-state index contributed by atoms with van der Waals surface area (Å²) in [5.74, 6) is -0.0168. The standard InChI is InChI=1S/C27H40N4O5/c1-8-35-24(32)16-34-15-20-25-22(11-12-30(23(25)14-28)26(33)36-27(5,6)7)31(29-20)21-10-9-19(17(2)3)13-18(21)4/h9-10,13,17,23H,8,11-12,14-16,28H2,1-7H3/t23-/m0/s1. The van der Waals surface area contributed by atoms with Crippen molar-refractivity contribution in [1.82, 2.24) is 14.7 Å². The Bertz CT molecular complexity index is 1090. The van der Waals surface area contributed by atoms with Gasteiger partial charge >= 0.3 is 12.1 Å². The van der Waals surface area contributed by atoms with E-state index in [2.05, 4.69) is 39.0 Å². The second-order valence-corrected chi connectivity index (χ2v) is 10.4. The van der Waals surface area contributed by atoms with Crippen LogP contribution in [0.1, 0.15) is 81.6 Å². The molecule has 3 rings (SSSR count). The molecule has 9 heteroatoms. The molecule has 2 heterocycles. The number of nitrogens with two attached hydrogens (primary N) is 1. The molecule has 0 fully saturated rings.